The molecule has 1 atom stereocenters. The fraction of sp³-hybridized carbons (Fsp3) is 0.611. The molecule has 0 aromatic heterocycles. The molecular weight excluding hydrogens is 336 g/mol. The standard InChI is InChI=1S/C18H32N4O2S/c1-14(10-12-18(2,3)4)22-17(20-5)21-13-11-15-6-8-16(9-7-15)25(19,23)24/h6-9,14H,10-13H2,1-5H3,(H2,19,23,24)(H2,20,21,22). The Balaban J connectivity index is 2.43. The minimum absolute atomic E-state index is 0.134. The van der Waals surface area contributed by atoms with Crippen LogP contribution in [-0.4, -0.2) is 34.0 Å². The van der Waals surface area contributed by atoms with Gasteiger partial charge in [-0.2, -0.15) is 0 Å². The lowest BCUT2D eigenvalue weighted by Crippen LogP contribution is -2.43. The zero-order valence-electron chi connectivity index (χ0n) is 16.0. The summed E-state index contributed by atoms with van der Waals surface area (Å²) in [6, 6.07) is 6.98. The van der Waals surface area contributed by atoms with E-state index >= 15 is 0 Å². The zero-order chi connectivity index (χ0) is 19.1. The van der Waals surface area contributed by atoms with Crippen molar-refractivity contribution >= 4 is 16.0 Å². The lowest BCUT2D eigenvalue weighted by molar-refractivity contribution is 0.346. The molecule has 1 unspecified atom stereocenters. The Morgan fingerprint density at radius 2 is 1.84 bits per heavy atom. The van der Waals surface area contributed by atoms with Crippen LogP contribution in [-0.2, 0) is 16.4 Å². The topological polar surface area (TPSA) is 96.6 Å². The monoisotopic (exact) mass is 368 g/mol. The second kappa shape index (κ2) is 9.20. The highest BCUT2D eigenvalue weighted by molar-refractivity contribution is 7.89. The number of rotatable bonds is 7. The van der Waals surface area contributed by atoms with E-state index in [1.54, 1.807) is 19.2 Å². The number of aliphatic imine (C=N–C) groups is 1. The summed E-state index contributed by atoms with van der Waals surface area (Å²) in [6.07, 6.45) is 3.00. The predicted molar refractivity (Wildman–Crippen MR) is 104 cm³/mol. The highest BCUT2D eigenvalue weighted by Gasteiger charge is 2.13. The van der Waals surface area contributed by atoms with Crippen LogP contribution in [0.15, 0.2) is 34.2 Å². The fourth-order valence-corrected chi connectivity index (χ4v) is 2.84. The summed E-state index contributed by atoms with van der Waals surface area (Å²) in [5, 5.41) is 11.8. The van der Waals surface area contributed by atoms with Crippen LogP contribution in [0, 0.1) is 5.41 Å². The minimum Gasteiger partial charge on any atom is -0.356 e. The highest BCUT2D eigenvalue weighted by atomic mass is 32.2. The molecule has 6 nitrogen and oxygen atoms in total. The lowest BCUT2D eigenvalue weighted by atomic mass is 9.89. The first-order chi connectivity index (χ1) is 11.5. The third-order valence-electron chi connectivity index (χ3n) is 3.89. The summed E-state index contributed by atoms with van der Waals surface area (Å²) in [7, 11) is -1.88. The average molecular weight is 369 g/mol. The van der Waals surface area contributed by atoms with E-state index in [1.165, 1.54) is 12.1 Å². The number of benzene rings is 1. The summed E-state index contributed by atoms with van der Waals surface area (Å²) in [5.41, 5.74) is 1.37. The van der Waals surface area contributed by atoms with Gasteiger partial charge in [0.25, 0.3) is 0 Å². The number of primary sulfonamides is 1. The molecule has 7 heteroatoms. The quantitative estimate of drug-likeness (QED) is 0.508. The van der Waals surface area contributed by atoms with Crippen LogP contribution in [0.3, 0.4) is 0 Å². The fourth-order valence-electron chi connectivity index (χ4n) is 2.32. The summed E-state index contributed by atoms with van der Waals surface area (Å²) in [4.78, 5) is 4.38. The molecule has 25 heavy (non-hydrogen) atoms. The first-order valence-corrected chi connectivity index (χ1v) is 10.1. The predicted octanol–water partition coefficient (Wildman–Crippen LogP) is 2.26. The summed E-state index contributed by atoms with van der Waals surface area (Å²) < 4.78 is 22.5. The number of guanidine groups is 1. The second-order valence-electron chi connectivity index (χ2n) is 7.58. The van der Waals surface area contributed by atoms with Crippen molar-refractivity contribution in [3.63, 3.8) is 0 Å². The maximum atomic E-state index is 11.2. The van der Waals surface area contributed by atoms with Crippen molar-refractivity contribution in [3.8, 4) is 0 Å². The van der Waals surface area contributed by atoms with E-state index in [0.29, 0.717) is 18.0 Å². The van der Waals surface area contributed by atoms with Crippen molar-refractivity contribution in [2.24, 2.45) is 15.5 Å². The SMILES string of the molecule is CN=C(NCCc1ccc(S(N)(=O)=O)cc1)NC(C)CCC(C)(C)C. The molecule has 0 aliphatic heterocycles. The molecular formula is C18H32N4O2S. The van der Waals surface area contributed by atoms with Gasteiger partial charge in [0.05, 0.1) is 4.90 Å². The maximum absolute atomic E-state index is 11.2. The maximum Gasteiger partial charge on any atom is 0.238 e. The Hall–Kier alpha value is -1.60. The Morgan fingerprint density at radius 1 is 1.24 bits per heavy atom. The molecule has 0 fully saturated rings. The number of nitrogens with zero attached hydrogens (tertiary/aromatic N) is 1. The smallest absolute Gasteiger partial charge is 0.238 e. The molecule has 142 valence electrons. The third kappa shape index (κ3) is 8.88. The largest absolute Gasteiger partial charge is 0.356 e. The Labute approximate surface area is 152 Å². The summed E-state index contributed by atoms with van der Waals surface area (Å²) in [6.45, 7) is 9.60. The van der Waals surface area contributed by atoms with Crippen molar-refractivity contribution in [1.82, 2.24) is 10.6 Å². The van der Waals surface area contributed by atoms with Gasteiger partial charge in [-0.05, 0) is 49.3 Å². The van der Waals surface area contributed by atoms with E-state index in [1.807, 2.05) is 0 Å². The van der Waals surface area contributed by atoms with E-state index in [2.05, 4.69) is 43.3 Å². The van der Waals surface area contributed by atoms with Gasteiger partial charge in [0.1, 0.15) is 0 Å². The zero-order valence-corrected chi connectivity index (χ0v) is 16.8. The molecule has 0 aliphatic rings. The van der Waals surface area contributed by atoms with Crippen LogP contribution in [0.1, 0.15) is 46.1 Å². The molecule has 1 aromatic carbocycles. The van der Waals surface area contributed by atoms with Crippen molar-refractivity contribution in [3.05, 3.63) is 29.8 Å². The van der Waals surface area contributed by atoms with Crippen molar-refractivity contribution < 1.29 is 8.42 Å². The molecule has 0 spiro atoms. The van der Waals surface area contributed by atoms with Gasteiger partial charge >= 0.3 is 0 Å². The molecule has 0 saturated heterocycles. The van der Waals surface area contributed by atoms with Gasteiger partial charge in [-0.25, -0.2) is 13.6 Å². The van der Waals surface area contributed by atoms with Crippen LogP contribution in [0.5, 0.6) is 0 Å². The van der Waals surface area contributed by atoms with Crippen molar-refractivity contribution in [1.29, 1.82) is 0 Å². The van der Waals surface area contributed by atoms with Gasteiger partial charge in [-0.1, -0.05) is 32.9 Å². The van der Waals surface area contributed by atoms with Gasteiger partial charge in [0.2, 0.25) is 10.0 Å². The molecule has 0 radical (unpaired) electrons. The Kier molecular flexibility index (Phi) is 7.89. The first-order valence-electron chi connectivity index (χ1n) is 8.60. The molecule has 1 aromatic rings. The van der Waals surface area contributed by atoms with E-state index in [0.717, 1.165) is 30.8 Å². The minimum atomic E-state index is -3.63. The van der Waals surface area contributed by atoms with E-state index in [9.17, 15) is 8.42 Å². The van der Waals surface area contributed by atoms with Crippen molar-refractivity contribution in [2.45, 2.75) is 57.9 Å². The number of sulfonamides is 1. The molecule has 0 heterocycles. The Bertz CT molecular complexity index is 661. The molecule has 0 amide bonds. The van der Waals surface area contributed by atoms with E-state index in [4.69, 9.17) is 5.14 Å². The van der Waals surface area contributed by atoms with Gasteiger partial charge in [0, 0.05) is 19.6 Å². The van der Waals surface area contributed by atoms with Crippen molar-refractivity contribution in [2.75, 3.05) is 13.6 Å². The highest BCUT2D eigenvalue weighted by Crippen LogP contribution is 2.21. The molecule has 1 rings (SSSR count). The van der Waals surface area contributed by atoms with Crippen LogP contribution < -0.4 is 15.8 Å². The first kappa shape index (κ1) is 21.4. The van der Waals surface area contributed by atoms with Gasteiger partial charge in [0.15, 0.2) is 5.96 Å². The summed E-state index contributed by atoms with van der Waals surface area (Å²) >= 11 is 0. The second-order valence-corrected chi connectivity index (χ2v) is 9.14. The summed E-state index contributed by atoms with van der Waals surface area (Å²) in [5.74, 6) is 0.780. The lowest BCUT2D eigenvalue weighted by Gasteiger charge is -2.23. The van der Waals surface area contributed by atoms with Gasteiger partial charge < -0.3 is 10.6 Å². The normalized spacial score (nSPS) is 14.2. The molecule has 0 aliphatic carbocycles. The number of hydrogen-bond acceptors (Lipinski definition) is 3. The van der Waals surface area contributed by atoms with Crippen LogP contribution in [0.25, 0.3) is 0 Å². The van der Waals surface area contributed by atoms with Crippen LogP contribution in [0.2, 0.25) is 0 Å². The van der Waals surface area contributed by atoms with E-state index in [-0.39, 0.29) is 4.90 Å². The Morgan fingerprint density at radius 3 is 2.32 bits per heavy atom. The molecule has 0 saturated carbocycles. The number of hydrogen-bond donors (Lipinski definition) is 3. The number of nitrogens with two attached hydrogens (primary N) is 1. The molecule has 4 N–H and O–H groups in total. The van der Waals surface area contributed by atoms with E-state index < -0.39 is 10.0 Å². The average Bonchev–Trinajstić information content (AvgIpc) is 2.51. The van der Waals surface area contributed by atoms with Gasteiger partial charge in [-0.3, -0.25) is 4.99 Å². The van der Waals surface area contributed by atoms with Gasteiger partial charge in [-0.15, -0.1) is 0 Å². The van der Waals surface area contributed by atoms with Crippen LogP contribution in [0.4, 0.5) is 0 Å². The number of nitrogens with one attached hydrogen (secondary N) is 2. The third-order valence-corrected chi connectivity index (χ3v) is 4.82. The van der Waals surface area contributed by atoms with Crippen LogP contribution >= 0.6 is 0 Å². The molecule has 0 bridgehead atoms.